The number of hydrogen-bond donors (Lipinski definition) is 1. The zero-order valence-corrected chi connectivity index (χ0v) is 18.3. The van der Waals surface area contributed by atoms with E-state index >= 15 is 0 Å². The number of nitrogens with one attached hydrogen (secondary N) is 1. The van der Waals surface area contributed by atoms with E-state index in [0.717, 1.165) is 12.1 Å². The van der Waals surface area contributed by atoms with Gasteiger partial charge in [-0.1, -0.05) is 5.21 Å². The smallest absolute Gasteiger partial charge is 0.419 e. The molecule has 1 unspecified atom stereocenters. The van der Waals surface area contributed by atoms with Crippen molar-refractivity contribution >= 4 is 11.0 Å². The molecule has 1 atom stereocenters. The number of alkyl halides is 6. The van der Waals surface area contributed by atoms with Crippen LogP contribution in [0.3, 0.4) is 0 Å². The van der Waals surface area contributed by atoms with Gasteiger partial charge in [-0.05, 0) is 24.3 Å². The van der Waals surface area contributed by atoms with E-state index in [4.69, 9.17) is 4.74 Å². The van der Waals surface area contributed by atoms with Crippen molar-refractivity contribution < 1.29 is 31.1 Å². The highest BCUT2D eigenvalue weighted by Crippen LogP contribution is 2.39. The fourth-order valence-corrected chi connectivity index (χ4v) is 3.81. The minimum atomic E-state index is -4.77. The number of rotatable bonds is 5. The second-order valence-electron chi connectivity index (χ2n) is 7.95. The Morgan fingerprint density at radius 1 is 1.20 bits per heavy atom. The molecule has 1 aromatic carbocycles. The number of aryl methyl sites for hydroxylation is 1. The third kappa shape index (κ3) is 5.30. The Bertz CT molecular complexity index is 1260. The monoisotopic (exact) mass is 499 g/mol. The first-order valence-corrected chi connectivity index (χ1v) is 10.4. The van der Waals surface area contributed by atoms with Crippen molar-refractivity contribution in [3.63, 3.8) is 0 Å². The van der Waals surface area contributed by atoms with E-state index in [1.807, 2.05) is 6.07 Å². The van der Waals surface area contributed by atoms with Gasteiger partial charge in [-0.2, -0.15) is 31.6 Å². The first-order valence-electron chi connectivity index (χ1n) is 10.4. The predicted octanol–water partition coefficient (Wildman–Crippen LogP) is 3.14. The molecule has 0 saturated carbocycles. The first kappa shape index (κ1) is 24.7. The van der Waals surface area contributed by atoms with Crippen molar-refractivity contribution in [3.8, 4) is 23.1 Å². The molecular formula is C21H19F6N7O. The zero-order chi connectivity index (χ0) is 25.4. The maximum Gasteiger partial charge on any atom is 0.419 e. The molecule has 1 aliphatic rings. The average molecular weight is 499 g/mol. The fourth-order valence-electron chi connectivity index (χ4n) is 3.81. The Balaban J connectivity index is 1.55. The van der Waals surface area contributed by atoms with Crippen LogP contribution in [0.4, 0.5) is 26.3 Å². The summed E-state index contributed by atoms with van der Waals surface area (Å²) in [6.45, 7) is -0.0721. The molecule has 1 aliphatic heterocycles. The lowest BCUT2D eigenvalue weighted by Crippen LogP contribution is -2.57. The van der Waals surface area contributed by atoms with E-state index in [-0.39, 0.29) is 48.7 Å². The van der Waals surface area contributed by atoms with E-state index in [0.29, 0.717) is 12.1 Å². The number of halogens is 6. The van der Waals surface area contributed by atoms with Crippen LogP contribution in [-0.2, 0) is 13.2 Å². The minimum absolute atomic E-state index is 0.0323. The molecule has 0 bridgehead atoms. The summed E-state index contributed by atoms with van der Waals surface area (Å²) in [6.07, 6.45) is -9.18. The summed E-state index contributed by atoms with van der Waals surface area (Å²) in [5, 5.41) is 19.4. The molecule has 35 heavy (non-hydrogen) atoms. The number of aromatic nitrogens is 4. The van der Waals surface area contributed by atoms with Crippen LogP contribution in [0.25, 0.3) is 22.3 Å². The lowest BCUT2D eigenvalue weighted by atomic mass is 10.1. The molecule has 186 valence electrons. The van der Waals surface area contributed by atoms with Gasteiger partial charge in [-0.3, -0.25) is 4.90 Å². The molecule has 3 aromatic rings. The Kier molecular flexibility index (Phi) is 6.56. The van der Waals surface area contributed by atoms with E-state index in [1.165, 1.54) is 21.7 Å². The maximum absolute atomic E-state index is 13.8. The molecule has 0 radical (unpaired) electrons. The van der Waals surface area contributed by atoms with Crippen LogP contribution >= 0.6 is 0 Å². The largest absolute Gasteiger partial charge is 0.492 e. The summed E-state index contributed by atoms with van der Waals surface area (Å²) in [5.41, 5.74) is -0.265. The number of ether oxygens (including phenoxy) is 1. The van der Waals surface area contributed by atoms with Crippen molar-refractivity contribution in [2.45, 2.75) is 18.4 Å². The summed E-state index contributed by atoms with van der Waals surface area (Å²) in [4.78, 5) is 5.60. The van der Waals surface area contributed by atoms with Gasteiger partial charge in [0.2, 0.25) is 0 Å². The number of pyridine rings is 1. The van der Waals surface area contributed by atoms with E-state index < -0.39 is 29.7 Å². The minimum Gasteiger partial charge on any atom is -0.492 e. The maximum atomic E-state index is 13.8. The molecular weight excluding hydrogens is 480 g/mol. The van der Waals surface area contributed by atoms with Crippen molar-refractivity contribution in [1.29, 1.82) is 5.26 Å². The van der Waals surface area contributed by atoms with Crippen molar-refractivity contribution in [2.75, 3.05) is 32.8 Å². The Hall–Kier alpha value is -3.44. The van der Waals surface area contributed by atoms with Crippen LogP contribution in [0.15, 0.2) is 24.3 Å². The SMILES string of the molecule is Cn1nnc2c(C#N)nc(-c3ccc(OCCN4CCNC(C(F)(F)F)C4)c(C(F)(F)F)c3)cc21. The van der Waals surface area contributed by atoms with Crippen molar-refractivity contribution in [2.24, 2.45) is 7.05 Å². The Morgan fingerprint density at radius 3 is 2.66 bits per heavy atom. The average Bonchev–Trinajstić information content (AvgIpc) is 3.18. The number of fused-ring (bicyclic) bond motifs is 1. The second-order valence-corrected chi connectivity index (χ2v) is 7.95. The molecule has 3 heterocycles. The number of benzene rings is 1. The molecule has 8 nitrogen and oxygen atoms in total. The topological polar surface area (TPSA) is 91.9 Å². The molecule has 1 N–H and O–H groups in total. The van der Waals surface area contributed by atoms with Crippen LogP contribution in [0.5, 0.6) is 5.75 Å². The molecule has 4 rings (SSSR count). The third-order valence-electron chi connectivity index (χ3n) is 5.61. The molecule has 0 amide bonds. The fraction of sp³-hybridized carbons (Fsp3) is 0.429. The Labute approximate surface area is 195 Å². The lowest BCUT2D eigenvalue weighted by Gasteiger charge is -2.34. The number of hydrogen-bond acceptors (Lipinski definition) is 7. The summed E-state index contributed by atoms with van der Waals surface area (Å²) in [7, 11) is 1.58. The van der Waals surface area contributed by atoms with Gasteiger partial charge in [-0.25, -0.2) is 9.67 Å². The van der Waals surface area contributed by atoms with Crippen LogP contribution < -0.4 is 10.1 Å². The second kappa shape index (κ2) is 9.31. The van der Waals surface area contributed by atoms with Gasteiger partial charge in [0.25, 0.3) is 0 Å². The van der Waals surface area contributed by atoms with Gasteiger partial charge < -0.3 is 10.1 Å². The van der Waals surface area contributed by atoms with Crippen LogP contribution in [0.2, 0.25) is 0 Å². The van der Waals surface area contributed by atoms with E-state index in [2.05, 4.69) is 20.6 Å². The summed E-state index contributed by atoms with van der Waals surface area (Å²) < 4.78 is 86.9. The molecule has 0 spiro atoms. The Morgan fingerprint density at radius 2 is 1.97 bits per heavy atom. The predicted molar refractivity (Wildman–Crippen MR) is 111 cm³/mol. The van der Waals surface area contributed by atoms with E-state index in [1.54, 1.807) is 7.05 Å². The highest BCUT2D eigenvalue weighted by Gasteiger charge is 2.42. The van der Waals surface area contributed by atoms with Gasteiger partial charge in [0.1, 0.15) is 30.0 Å². The van der Waals surface area contributed by atoms with Crippen LogP contribution in [0, 0.1) is 11.3 Å². The third-order valence-corrected chi connectivity index (χ3v) is 5.61. The zero-order valence-electron chi connectivity index (χ0n) is 18.3. The standard InChI is InChI=1S/C21H19F6N7O/c1-33-16-9-14(30-15(10-28)19(16)31-32-33)12-2-3-17(13(8-12)20(22,23)24)35-7-6-34-5-4-29-18(11-34)21(25,26)27/h2-3,8-9,18,29H,4-7,11H2,1H3. The van der Waals surface area contributed by atoms with Gasteiger partial charge in [0.15, 0.2) is 5.69 Å². The van der Waals surface area contributed by atoms with Gasteiger partial charge in [-0.15, -0.1) is 5.10 Å². The van der Waals surface area contributed by atoms with Crippen molar-refractivity contribution in [3.05, 3.63) is 35.5 Å². The lowest BCUT2D eigenvalue weighted by molar-refractivity contribution is -0.165. The van der Waals surface area contributed by atoms with Crippen molar-refractivity contribution in [1.82, 2.24) is 30.2 Å². The highest BCUT2D eigenvalue weighted by atomic mass is 19.4. The number of piperazine rings is 1. The molecule has 1 saturated heterocycles. The molecule has 1 fully saturated rings. The molecule has 14 heteroatoms. The van der Waals surface area contributed by atoms with Gasteiger partial charge in [0.05, 0.1) is 16.8 Å². The number of nitriles is 1. The normalized spacial score (nSPS) is 17.5. The summed E-state index contributed by atoms with van der Waals surface area (Å²) in [5.74, 6) is -0.451. The molecule has 2 aromatic heterocycles. The van der Waals surface area contributed by atoms with Gasteiger partial charge in [0, 0.05) is 38.8 Å². The molecule has 0 aliphatic carbocycles. The van der Waals surface area contributed by atoms with Gasteiger partial charge >= 0.3 is 12.4 Å². The van der Waals surface area contributed by atoms with Crippen LogP contribution in [-0.4, -0.2) is 69.9 Å². The number of nitrogens with zero attached hydrogens (tertiary/aromatic N) is 6. The summed E-state index contributed by atoms with van der Waals surface area (Å²) >= 11 is 0. The first-order chi connectivity index (χ1) is 16.5. The highest BCUT2D eigenvalue weighted by molar-refractivity contribution is 5.83. The van der Waals surface area contributed by atoms with E-state index in [9.17, 15) is 31.6 Å². The quantitative estimate of drug-likeness (QED) is 0.540. The van der Waals surface area contributed by atoms with Crippen LogP contribution in [0.1, 0.15) is 11.3 Å². The summed E-state index contributed by atoms with van der Waals surface area (Å²) in [6, 6.07) is 5.01.